The maximum absolute atomic E-state index is 14.2. The Labute approximate surface area is 122 Å². The number of likely N-dealkylation sites (N-methyl/N-ethyl adjacent to an activating group) is 1. The first kappa shape index (κ1) is 16.3. The summed E-state index contributed by atoms with van der Waals surface area (Å²) in [5.74, 6) is -1.98. The SMILES string of the molecule is CC1OCCC1N(C)S(=O)(=O)c1ccc(F)c(CN)c1F. The van der Waals surface area contributed by atoms with E-state index in [1.807, 2.05) is 0 Å². The summed E-state index contributed by atoms with van der Waals surface area (Å²) in [6.45, 7) is 1.80. The maximum Gasteiger partial charge on any atom is 0.246 e. The van der Waals surface area contributed by atoms with Crippen molar-refractivity contribution in [3.05, 3.63) is 29.3 Å². The smallest absolute Gasteiger partial charge is 0.246 e. The van der Waals surface area contributed by atoms with Crippen molar-refractivity contribution in [2.24, 2.45) is 5.73 Å². The Balaban J connectivity index is 2.44. The standard InChI is InChI=1S/C13H18F2N2O3S/c1-8-11(5-6-20-8)17(2)21(18,19)12-4-3-10(14)9(7-16)13(12)15/h3-4,8,11H,5-7,16H2,1-2H3. The summed E-state index contributed by atoms with van der Waals surface area (Å²) < 4.78 is 59.1. The van der Waals surface area contributed by atoms with Crippen LogP contribution >= 0.6 is 0 Å². The van der Waals surface area contributed by atoms with Gasteiger partial charge in [0.05, 0.1) is 12.1 Å². The van der Waals surface area contributed by atoms with Gasteiger partial charge in [0.25, 0.3) is 0 Å². The second-order valence-electron chi connectivity index (χ2n) is 5.00. The summed E-state index contributed by atoms with van der Waals surface area (Å²) >= 11 is 0. The number of rotatable bonds is 4. The van der Waals surface area contributed by atoms with Gasteiger partial charge in [0.1, 0.15) is 10.7 Å². The molecule has 2 atom stereocenters. The van der Waals surface area contributed by atoms with Crippen molar-refractivity contribution in [1.29, 1.82) is 0 Å². The lowest BCUT2D eigenvalue weighted by Gasteiger charge is -2.26. The van der Waals surface area contributed by atoms with Crippen LogP contribution in [0.5, 0.6) is 0 Å². The molecule has 0 radical (unpaired) electrons. The van der Waals surface area contributed by atoms with Gasteiger partial charge in [-0.2, -0.15) is 4.31 Å². The minimum absolute atomic E-state index is 0.276. The van der Waals surface area contributed by atoms with Crippen molar-refractivity contribution in [2.75, 3.05) is 13.7 Å². The number of nitrogens with zero attached hydrogens (tertiary/aromatic N) is 1. The highest BCUT2D eigenvalue weighted by Crippen LogP contribution is 2.28. The predicted molar refractivity (Wildman–Crippen MR) is 73.0 cm³/mol. The molecule has 1 saturated heterocycles. The normalized spacial score (nSPS) is 23.0. The third kappa shape index (κ3) is 2.80. The summed E-state index contributed by atoms with van der Waals surface area (Å²) in [4.78, 5) is -0.564. The zero-order valence-electron chi connectivity index (χ0n) is 11.8. The molecule has 0 spiro atoms. The van der Waals surface area contributed by atoms with E-state index in [0.717, 1.165) is 16.4 Å². The molecule has 2 unspecified atom stereocenters. The average molecular weight is 320 g/mol. The number of hydrogen-bond acceptors (Lipinski definition) is 4. The summed E-state index contributed by atoms with van der Waals surface area (Å²) in [5, 5.41) is 0. The van der Waals surface area contributed by atoms with Crippen molar-refractivity contribution in [3.8, 4) is 0 Å². The Bertz CT molecular complexity index is 637. The van der Waals surface area contributed by atoms with Crippen molar-refractivity contribution >= 4 is 10.0 Å². The molecule has 1 aliphatic heterocycles. The highest BCUT2D eigenvalue weighted by atomic mass is 32.2. The van der Waals surface area contributed by atoms with Gasteiger partial charge in [-0.15, -0.1) is 0 Å². The third-order valence-electron chi connectivity index (χ3n) is 3.82. The summed E-state index contributed by atoms with van der Waals surface area (Å²) in [6, 6.07) is 1.47. The molecule has 0 aliphatic carbocycles. The number of hydrogen-bond donors (Lipinski definition) is 1. The van der Waals surface area contributed by atoms with E-state index in [4.69, 9.17) is 10.5 Å². The first-order chi connectivity index (χ1) is 9.80. The molecule has 21 heavy (non-hydrogen) atoms. The highest BCUT2D eigenvalue weighted by Gasteiger charge is 2.37. The number of halogens is 2. The second kappa shape index (κ2) is 5.96. The van der Waals surface area contributed by atoms with E-state index in [0.29, 0.717) is 13.0 Å². The topological polar surface area (TPSA) is 72.6 Å². The van der Waals surface area contributed by atoms with E-state index in [9.17, 15) is 17.2 Å². The molecule has 1 fully saturated rings. The van der Waals surface area contributed by atoms with E-state index < -0.39 is 38.7 Å². The molecule has 1 aromatic rings. The lowest BCUT2D eigenvalue weighted by atomic mass is 10.2. The molecule has 0 saturated carbocycles. The molecule has 2 rings (SSSR count). The van der Waals surface area contributed by atoms with Crippen molar-refractivity contribution in [3.63, 3.8) is 0 Å². The summed E-state index contributed by atoms with van der Waals surface area (Å²) in [6.07, 6.45) is 0.256. The first-order valence-electron chi connectivity index (χ1n) is 6.57. The Morgan fingerprint density at radius 2 is 2.10 bits per heavy atom. The fourth-order valence-electron chi connectivity index (χ4n) is 2.49. The van der Waals surface area contributed by atoms with E-state index >= 15 is 0 Å². The molecule has 2 N–H and O–H groups in total. The van der Waals surface area contributed by atoms with Crippen LogP contribution in [0.4, 0.5) is 8.78 Å². The van der Waals surface area contributed by atoms with Crippen molar-refractivity contribution in [1.82, 2.24) is 4.31 Å². The zero-order chi connectivity index (χ0) is 15.8. The van der Waals surface area contributed by atoms with E-state index in [1.165, 1.54) is 7.05 Å². The largest absolute Gasteiger partial charge is 0.377 e. The molecule has 0 amide bonds. The highest BCUT2D eigenvalue weighted by molar-refractivity contribution is 7.89. The molecule has 8 heteroatoms. The summed E-state index contributed by atoms with van der Waals surface area (Å²) in [5.41, 5.74) is 4.85. The predicted octanol–water partition coefficient (Wildman–Crippen LogP) is 1.22. The van der Waals surface area contributed by atoms with E-state index in [2.05, 4.69) is 0 Å². The van der Waals surface area contributed by atoms with Gasteiger partial charge in [0.2, 0.25) is 10.0 Å². The third-order valence-corrected chi connectivity index (χ3v) is 5.72. The Morgan fingerprint density at radius 1 is 1.43 bits per heavy atom. The monoisotopic (exact) mass is 320 g/mol. The molecule has 1 aliphatic rings. The van der Waals surface area contributed by atoms with Crippen molar-refractivity contribution in [2.45, 2.75) is 36.9 Å². The lowest BCUT2D eigenvalue weighted by Crippen LogP contribution is -2.41. The zero-order valence-corrected chi connectivity index (χ0v) is 12.7. The van der Waals surface area contributed by atoms with Crippen LogP contribution in [0.3, 0.4) is 0 Å². The average Bonchev–Trinajstić information content (AvgIpc) is 2.84. The number of benzene rings is 1. The van der Waals surface area contributed by atoms with Crippen LogP contribution in [0.2, 0.25) is 0 Å². The minimum Gasteiger partial charge on any atom is -0.377 e. The molecular formula is C13H18F2N2O3S. The Morgan fingerprint density at radius 3 is 2.62 bits per heavy atom. The fourth-order valence-corrected chi connectivity index (χ4v) is 4.03. The van der Waals surface area contributed by atoms with Crippen LogP contribution in [-0.4, -0.2) is 38.5 Å². The van der Waals surface area contributed by atoms with Crippen LogP contribution in [-0.2, 0) is 21.3 Å². The van der Waals surface area contributed by atoms with Gasteiger partial charge in [0, 0.05) is 25.8 Å². The molecule has 0 bridgehead atoms. The van der Waals surface area contributed by atoms with E-state index in [-0.39, 0.29) is 12.1 Å². The van der Waals surface area contributed by atoms with Crippen LogP contribution in [0.1, 0.15) is 18.9 Å². The Hall–Kier alpha value is -1.09. The van der Waals surface area contributed by atoms with Gasteiger partial charge < -0.3 is 10.5 Å². The molecule has 0 aromatic heterocycles. The maximum atomic E-state index is 14.2. The van der Waals surface area contributed by atoms with Crippen LogP contribution in [0, 0.1) is 11.6 Å². The van der Waals surface area contributed by atoms with Crippen molar-refractivity contribution < 1.29 is 21.9 Å². The number of ether oxygens (including phenoxy) is 1. The van der Waals surface area contributed by atoms with Gasteiger partial charge in [-0.25, -0.2) is 17.2 Å². The molecular weight excluding hydrogens is 302 g/mol. The van der Waals surface area contributed by atoms with Gasteiger partial charge in [-0.05, 0) is 25.5 Å². The molecule has 1 aromatic carbocycles. The molecule has 1 heterocycles. The summed E-state index contributed by atoms with van der Waals surface area (Å²) in [7, 11) is -2.71. The van der Waals surface area contributed by atoms with Crippen LogP contribution in [0.15, 0.2) is 17.0 Å². The first-order valence-corrected chi connectivity index (χ1v) is 8.01. The number of sulfonamides is 1. The fraction of sp³-hybridized carbons (Fsp3) is 0.538. The lowest BCUT2D eigenvalue weighted by molar-refractivity contribution is 0.102. The van der Waals surface area contributed by atoms with Gasteiger partial charge >= 0.3 is 0 Å². The molecule has 5 nitrogen and oxygen atoms in total. The van der Waals surface area contributed by atoms with E-state index in [1.54, 1.807) is 6.92 Å². The minimum atomic E-state index is -4.08. The molecule has 118 valence electrons. The quantitative estimate of drug-likeness (QED) is 0.905. The number of nitrogens with two attached hydrogens (primary N) is 1. The van der Waals surface area contributed by atoms with Gasteiger partial charge in [-0.3, -0.25) is 0 Å². The second-order valence-corrected chi connectivity index (χ2v) is 6.96. The van der Waals surface area contributed by atoms with Gasteiger partial charge in [-0.1, -0.05) is 0 Å². The Kier molecular flexibility index (Phi) is 4.62. The van der Waals surface area contributed by atoms with Crippen LogP contribution in [0.25, 0.3) is 0 Å². The van der Waals surface area contributed by atoms with Gasteiger partial charge in [0.15, 0.2) is 5.82 Å². The van der Waals surface area contributed by atoms with Crippen LogP contribution < -0.4 is 5.73 Å².